The first kappa shape index (κ1) is 9.40. The Kier molecular flexibility index (Phi) is 2.37. The molecule has 0 radical (unpaired) electrons. The second-order valence-electron chi connectivity index (χ2n) is 4.17. The van der Waals surface area contributed by atoms with Crippen LogP contribution in [0.3, 0.4) is 0 Å². The normalized spacial score (nSPS) is 27.5. The minimum absolute atomic E-state index is 0.172. The summed E-state index contributed by atoms with van der Waals surface area (Å²) in [6, 6.07) is 0.172. The number of nitrogens with zero attached hydrogens (tertiary/aromatic N) is 3. The zero-order valence-electron chi connectivity index (χ0n) is 8.64. The Morgan fingerprint density at radius 1 is 1.57 bits per heavy atom. The van der Waals surface area contributed by atoms with Crippen LogP contribution in [0.1, 0.15) is 25.6 Å². The van der Waals surface area contributed by atoms with Crippen molar-refractivity contribution in [2.75, 3.05) is 0 Å². The van der Waals surface area contributed by atoms with Crippen LogP contribution in [0, 0.1) is 5.92 Å². The molecule has 1 aromatic rings. The van der Waals surface area contributed by atoms with E-state index in [2.05, 4.69) is 23.2 Å². The summed E-state index contributed by atoms with van der Waals surface area (Å²) in [5.74, 6) is 1.59. The molecule has 1 aliphatic rings. The van der Waals surface area contributed by atoms with Crippen LogP contribution in [0.4, 0.5) is 0 Å². The van der Waals surface area contributed by atoms with Gasteiger partial charge in [-0.2, -0.15) is 0 Å². The molecule has 4 heteroatoms. The number of hydrogen-bond donors (Lipinski definition) is 1. The van der Waals surface area contributed by atoms with Gasteiger partial charge in [-0.15, -0.1) is 10.2 Å². The van der Waals surface area contributed by atoms with Crippen LogP contribution in [-0.4, -0.2) is 20.8 Å². The van der Waals surface area contributed by atoms with E-state index in [1.54, 1.807) is 6.33 Å². The van der Waals surface area contributed by atoms with E-state index in [0.29, 0.717) is 5.92 Å². The van der Waals surface area contributed by atoms with Gasteiger partial charge in [-0.1, -0.05) is 13.0 Å². The van der Waals surface area contributed by atoms with Gasteiger partial charge in [0, 0.05) is 13.1 Å². The van der Waals surface area contributed by atoms with Gasteiger partial charge in [0.25, 0.3) is 0 Å². The number of hydrogen-bond acceptors (Lipinski definition) is 3. The van der Waals surface area contributed by atoms with Crippen LogP contribution in [0.2, 0.25) is 0 Å². The maximum Gasteiger partial charge on any atom is 0.159 e. The van der Waals surface area contributed by atoms with Crippen molar-refractivity contribution in [3.8, 4) is 0 Å². The zero-order valence-corrected chi connectivity index (χ0v) is 8.64. The van der Waals surface area contributed by atoms with Crippen LogP contribution in [0.5, 0.6) is 0 Å². The van der Waals surface area contributed by atoms with Gasteiger partial charge in [0.15, 0.2) is 5.82 Å². The van der Waals surface area contributed by atoms with Gasteiger partial charge < -0.3 is 10.3 Å². The molecule has 0 aromatic carbocycles. The molecule has 0 bridgehead atoms. The highest BCUT2D eigenvalue weighted by molar-refractivity contribution is 5.61. The van der Waals surface area contributed by atoms with Gasteiger partial charge in [-0.25, -0.2) is 0 Å². The predicted molar refractivity (Wildman–Crippen MR) is 55.4 cm³/mol. The summed E-state index contributed by atoms with van der Waals surface area (Å²) in [6.07, 6.45) is 5.96. The Labute approximate surface area is 83.8 Å². The van der Waals surface area contributed by atoms with Crippen LogP contribution in [0.25, 0.3) is 5.57 Å². The molecule has 1 aromatic heterocycles. The maximum atomic E-state index is 5.94. The summed E-state index contributed by atoms with van der Waals surface area (Å²) in [5, 5.41) is 7.98. The monoisotopic (exact) mass is 192 g/mol. The molecular formula is C10H16N4. The van der Waals surface area contributed by atoms with E-state index in [1.807, 2.05) is 11.6 Å². The number of aryl methyl sites for hydroxylation is 1. The molecule has 2 N–H and O–H groups in total. The molecule has 4 nitrogen and oxygen atoms in total. The lowest BCUT2D eigenvalue weighted by molar-refractivity contribution is 0.493. The van der Waals surface area contributed by atoms with Gasteiger partial charge in [-0.05, 0) is 24.3 Å². The predicted octanol–water partition coefficient (Wildman–Crippen LogP) is 0.956. The molecule has 14 heavy (non-hydrogen) atoms. The summed E-state index contributed by atoms with van der Waals surface area (Å²) >= 11 is 0. The minimum Gasteiger partial charge on any atom is -0.324 e. The van der Waals surface area contributed by atoms with Crippen molar-refractivity contribution in [1.82, 2.24) is 14.8 Å². The topological polar surface area (TPSA) is 56.7 Å². The third kappa shape index (κ3) is 1.70. The lowest BCUT2D eigenvalue weighted by Crippen LogP contribution is -2.25. The van der Waals surface area contributed by atoms with E-state index in [9.17, 15) is 0 Å². The van der Waals surface area contributed by atoms with Crippen molar-refractivity contribution in [1.29, 1.82) is 0 Å². The third-order valence-electron chi connectivity index (χ3n) is 2.66. The fourth-order valence-corrected chi connectivity index (χ4v) is 2.06. The standard InChI is InChI=1S/C10H16N4/c1-7-3-8(5-9(11)4-7)10-13-12-6-14(10)2/h5-7,9H,3-4,11H2,1-2H3. The fourth-order valence-electron chi connectivity index (χ4n) is 2.06. The van der Waals surface area contributed by atoms with Gasteiger partial charge in [0.2, 0.25) is 0 Å². The quantitative estimate of drug-likeness (QED) is 0.721. The molecule has 76 valence electrons. The molecule has 2 rings (SSSR count). The lowest BCUT2D eigenvalue weighted by atomic mass is 9.87. The number of nitrogens with two attached hydrogens (primary N) is 1. The number of rotatable bonds is 1. The van der Waals surface area contributed by atoms with E-state index in [4.69, 9.17) is 5.73 Å². The first-order valence-electron chi connectivity index (χ1n) is 4.97. The van der Waals surface area contributed by atoms with Crippen molar-refractivity contribution in [2.24, 2.45) is 18.7 Å². The van der Waals surface area contributed by atoms with Crippen molar-refractivity contribution >= 4 is 5.57 Å². The van der Waals surface area contributed by atoms with Crippen LogP contribution < -0.4 is 5.73 Å². The number of allylic oxidation sites excluding steroid dienone is 1. The van der Waals surface area contributed by atoms with Crippen LogP contribution >= 0.6 is 0 Å². The number of aromatic nitrogens is 3. The van der Waals surface area contributed by atoms with E-state index >= 15 is 0 Å². The van der Waals surface area contributed by atoms with Gasteiger partial charge >= 0.3 is 0 Å². The van der Waals surface area contributed by atoms with Crippen LogP contribution in [0.15, 0.2) is 12.4 Å². The summed E-state index contributed by atoms with van der Waals surface area (Å²) in [7, 11) is 1.96. The Hall–Kier alpha value is -1.16. The average molecular weight is 192 g/mol. The summed E-state index contributed by atoms with van der Waals surface area (Å²) in [5.41, 5.74) is 7.17. The third-order valence-corrected chi connectivity index (χ3v) is 2.66. The second kappa shape index (κ2) is 3.53. The molecule has 0 aliphatic heterocycles. The summed E-state index contributed by atoms with van der Waals surface area (Å²) in [6.45, 7) is 2.23. The zero-order chi connectivity index (χ0) is 10.1. The second-order valence-corrected chi connectivity index (χ2v) is 4.17. The van der Waals surface area contributed by atoms with Crippen molar-refractivity contribution < 1.29 is 0 Å². The molecule has 2 unspecified atom stereocenters. The van der Waals surface area contributed by atoms with Crippen molar-refractivity contribution in [2.45, 2.75) is 25.8 Å². The highest BCUT2D eigenvalue weighted by Gasteiger charge is 2.19. The Balaban J connectivity index is 2.30. The first-order chi connectivity index (χ1) is 6.66. The molecule has 0 spiro atoms. The van der Waals surface area contributed by atoms with E-state index < -0.39 is 0 Å². The van der Waals surface area contributed by atoms with E-state index in [1.165, 1.54) is 5.57 Å². The lowest BCUT2D eigenvalue weighted by Gasteiger charge is -2.22. The van der Waals surface area contributed by atoms with Crippen molar-refractivity contribution in [3.63, 3.8) is 0 Å². The van der Waals surface area contributed by atoms with Gasteiger partial charge in [-0.3, -0.25) is 0 Å². The molecular weight excluding hydrogens is 176 g/mol. The average Bonchev–Trinajstić information content (AvgIpc) is 2.49. The molecule has 1 aliphatic carbocycles. The molecule has 0 amide bonds. The SMILES string of the molecule is CC1CC(c2nncn2C)=CC(N)C1. The highest BCUT2D eigenvalue weighted by Crippen LogP contribution is 2.28. The van der Waals surface area contributed by atoms with E-state index in [-0.39, 0.29) is 6.04 Å². The van der Waals surface area contributed by atoms with Crippen LogP contribution in [-0.2, 0) is 7.05 Å². The summed E-state index contributed by atoms with van der Waals surface area (Å²) in [4.78, 5) is 0. The fraction of sp³-hybridized carbons (Fsp3) is 0.600. The first-order valence-corrected chi connectivity index (χ1v) is 4.97. The smallest absolute Gasteiger partial charge is 0.159 e. The molecule has 0 fully saturated rings. The Morgan fingerprint density at radius 2 is 2.36 bits per heavy atom. The molecule has 0 saturated carbocycles. The minimum atomic E-state index is 0.172. The van der Waals surface area contributed by atoms with Gasteiger partial charge in [0.1, 0.15) is 6.33 Å². The molecule has 0 saturated heterocycles. The molecule has 2 atom stereocenters. The highest BCUT2D eigenvalue weighted by atomic mass is 15.2. The Morgan fingerprint density at radius 3 is 2.93 bits per heavy atom. The largest absolute Gasteiger partial charge is 0.324 e. The summed E-state index contributed by atoms with van der Waals surface area (Å²) < 4.78 is 1.94. The van der Waals surface area contributed by atoms with E-state index in [0.717, 1.165) is 18.7 Å². The maximum absolute atomic E-state index is 5.94. The van der Waals surface area contributed by atoms with Gasteiger partial charge in [0.05, 0.1) is 0 Å². The Bertz CT molecular complexity index is 353. The van der Waals surface area contributed by atoms with Crippen molar-refractivity contribution in [3.05, 3.63) is 18.2 Å². The molecule has 1 heterocycles.